The molecule has 0 spiro atoms. The molecule has 1 aromatic heterocycles. The number of hydrogen-bond acceptors (Lipinski definition) is 3. The number of aromatic nitrogens is 1. The number of rotatable bonds is 4. The zero-order valence-corrected chi connectivity index (χ0v) is 11.8. The number of ether oxygens (including phenoxy) is 1. The Hall–Kier alpha value is -1.10. The van der Waals surface area contributed by atoms with Gasteiger partial charge in [-0.2, -0.15) is 0 Å². The first kappa shape index (κ1) is 13.3. The number of nitrogens with zero attached hydrogens (tertiary/aromatic N) is 1. The minimum atomic E-state index is -0.107. The molecular formula is C13H11BrClNO2. The molecule has 2 aromatic rings. The molecule has 0 aliphatic heterocycles. The molecular weight excluding hydrogens is 318 g/mol. The summed E-state index contributed by atoms with van der Waals surface area (Å²) in [7, 11) is 0. The molecule has 0 fully saturated rings. The molecule has 0 radical (unpaired) electrons. The average Bonchev–Trinajstić information content (AvgIpc) is 2.39. The van der Waals surface area contributed by atoms with Crippen LogP contribution in [0.15, 0.2) is 41.0 Å². The van der Waals surface area contributed by atoms with Crippen LogP contribution >= 0.6 is 27.5 Å². The van der Waals surface area contributed by atoms with E-state index in [9.17, 15) is 5.11 Å². The molecule has 0 bridgehead atoms. The number of aliphatic hydroxyl groups is 1. The van der Waals surface area contributed by atoms with Crippen LogP contribution in [0.2, 0.25) is 5.02 Å². The van der Waals surface area contributed by atoms with E-state index in [4.69, 9.17) is 16.3 Å². The third kappa shape index (κ3) is 3.22. The van der Waals surface area contributed by atoms with E-state index in [1.807, 2.05) is 12.1 Å². The Morgan fingerprint density at radius 3 is 2.78 bits per heavy atom. The lowest BCUT2D eigenvalue weighted by Crippen LogP contribution is -2.01. The third-order valence-electron chi connectivity index (χ3n) is 2.37. The fourth-order valence-corrected chi connectivity index (χ4v) is 1.96. The molecule has 18 heavy (non-hydrogen) atoms. The lowest BCUT2D eigenvalue weighted by Gasteiger charge is -2.11. The standard InChI is InChI=1S/C13H11BrClNO2/c14-10-4-5-11(16-6-10)8-18-13-9(7-17)2-1-3-12(13)15/h1-6,17H,7-8H2. The summed E-state index contributed by atoms with van der Waals surface area (Å²) in [6.07, 6.45) is 1.71. The molecule has 0 aliphatic rings. The molecule has 94 valence electrons. The highest BCUT2D eigenvalue weighted by Gasteiger charge is 2.08. The lowest BCUT2D eigenvalue weighted by molar-refractivity contribution is 0.257. The van der Waals surface area contributed by atoms with E-state index in [0.29, 0.717) is 22.9 Å². The average molecular weight is 329 g/mol. The number of para-hydroxylation sites is 1. The van der Waals surface area contributed by atoms with Gasteiger partial charge in [0.05, 0.1) is 17.3 Å². The molecule has 0 unspecified atom stereocenters. The Morgan fingerprint density at radius 1 is 1.28 bits per heavy atom. The van der Waals surface area contributed by atoms with Crippen LogP contribution in [-0.4, -0.2) is 10.1 Å². The highest BCUT2D eigenvalue weighted by Crippen LogP contribution is 2.29. The molecule has 0 amide bonds. The fourth-order valence-electron chi connectivity index (χ4n) is 1.48. The minimum Gasteiger partial charge on any atom is -0.485 e. The van der Waals surface area contributed by atoms with E-state index >= 15 is 0 Å². The minimum absolute atomic E-state index is 0.107. The first-order chi connectivity index (χ1) is 8.70. The summed E-state index contributed by atoms with van der Waals surface area (Å²) in [4.78, 5) is 4.20. The van der Waals surface area contributed by atoms with E-state index in [0.717, 1.165) is 10.2 Å². The molecule has 0 saturated carbocycles. The summed E-state index contributed by atoms with van der Waals surface area (Å²) in [6, 6.07) is 9.03. The van der Waals surface area contributed by atoms with Crippen molar-refractivity contribution in [1.82, 2.24) is 4.98 Å². The van der Waals surface area contributed by atoms with Crippen LogP contribution in [0.4, 0.5) is 0 Å². The van der Waals surface area contributed by atoms with E-state index in [2.05, 4.69) is 20.9 Å². The number of halogens is 2. The molecule has 5 heteroatoms. The molecule has 1 N–H and O–H groups in total. The Kier molecular flexibility index (Phi) is 4.58. The van der Waals surface area contributed by atoms with E-state index in [1.54, 1.807) is 24.4 Å². The van der Waals surface area contributed by atoms with Crippen LogP contribution < -0.4 is 4.74 Å². The van der Waals surface area contributed by atoms with Crippen molar-refractivity contribution in [3.63, 3.8) is 0 Å². The van der Waals surface area contributed by atoms with E-state index in [1.165, 1.54) is 0 Å². The number of benzene rings is 1. The van der Waals surface area contributed by atoms with Crippen molar-refractivity contribution in [2.24, 2.45) is 0 Å². The van der Waals surface area contributed by atoms with Gasteiger partial charge in [-0.1, -0.05) is 23.7 Å². The van der Waals surface area contributed by atoms with Gasteiger partial charge >= 0.3 is 0 Å². The topological polar surface area (TPSA) is 42.4 Å². The second kappa shape index (κ2) is 6.18. The van der Waals surface area contributed by atoms with Crippen molar-refractivity contribution in [3.05, 3.63) is 57.3 Å². The maximum absolute atomic E-state index is 9.22. The summed E-state index contributed by atoms with van der Waals surface area (Å²) < 4.78 is 6.53. The molecule has 2 rings (SSSR count). The van der Waals surface area contributed by atoms with Gasteiger partial charge < -0.3 is 9.84 Å². The van der Waals surface area contributed by atoms with Gasteiger partial charge in [-0.15, -0.1) is 0 Å². The summed E-state index contributed by atoms with van der Waals surface area (Å²) >= 11 is 9.35. The maximum Gasteiger partial charge on any atom is 0.143 e. The van der Waals surface area contributed by atoms with E-state index in [-0.39, 0.29) is 6.61 Å². The van der Waals surface area contributed by atoms with Crippen LogP contribution in [0.3, 0.4) is 0 Å². The van der Waals surface area contributed by atoms with Gasteiger partial charge in [0.25, 0.3) is 0 Å². The second-order valence-corrected chi connectivity index (χ2v) is 4.97. The van der Waals surface area contributed by atoms with Gasteiger partial charge in [0.15, 0.2) is 0 Å². The summed E-state index contributed by atoms with van der Waals surface area (Å²) in [5.41, 5.74) is 1.46. The van der Waals surface area contributed by atoms with Gasteiger partial charge in [-0.25, -0.2) is 0 Å². The predicted octanol–water partition coefficient (Wildman–Crippen LogP) is 3.57. The highest BCUT2D eigenvalue weighted by atomic mass is 79.9. The quantitative estimate of drug-likeness (QED) is 0.933. The predicted molar refractivity (Wildman–Crippen MR) is 73.6 cm³/mol. The zero-order valence-electron chi connectivity index (χ0n) is 9.44. The molecule has 0 saturated heterocycles. The Bertz CT molecular complexity index is 531. The van der Waals surface area contributed by atoms with Gasteiger partial charge in [0.2, 0.25) is 0 Å². The van der Waals surface area contributed by atoms with Crippen LogP contribution in [0.5, 0.6) is 5.75 Å². The van der Waals surface area contributed by atoms with E-state index < -0.39 is 0 Å². The first-order valence-corrected chi connectivity index (χ1v) is 6.49. The van der Waals surface area contributed by atoms with Crippen molar-refractivity contribution in [3.8, 4) is 5.75 Å². The normalized spacial score (nSPS) is 10.4. The zero-order chi connectivity index (χ0) is 13.0. The van der Waals surface area contributed by atoms with Crippen molar-refractivity contribution < 1.29 is 9.84 Å². The van der Waals surface area contributed by atoms with Gasteiger partial charge in [-0.05, 0) is 34.1 Å². The van der Waals surface area contributed by atoms with Crippen molar-refractivity contribution in [2.45, 2.75) is 13.2 Å². The van der Waals surface area contributed by atoms with Crippen molar-refractivity contribution in [1.29, 1.82) is 0 Å². The SMILES string of the molecule is OCc1cccc(Cl)c1OCc1ccc(Br)cn1. The smallest absolute Gasteiger partial charge is 0.143 e. The fraction of sp³-hybridized carbons (Fsp3) is 0.154. The third-order valence-corrected chi connectivity index (χ3v) is 3.14. The largest absolute Gasteiger partial charge is 0.485 e. The maximum atomic E-state index is 9.22. The van der Waals surface area contributed by atoms with Crippen LogP contribution in [0, 0.1) is 0 Å². The van der Waals surface area contributed by atoms with Crippen LogP contribution in [-0.2, 0) is 13.2 Å². The summed E-state index contributed by atoms with van der Waals surface area (Å²) in [6.45, 7) is 0.202. The Morgan fingerprint density at radius 2 is 2.11 bits per heavy atom. The summed E-state index contributed by atoms with van der Waals surface area (Å²) in [5.74, 6) is 0.506. The monoisotopic (exact) mass is 327 g/mol. The van der Waals surface area contributed by atoms with Crippen molar-refractivity contribution >= 4 is 27.5 Å². The number of hydrogen-bond donors (Lipinski definition) is 1. The molecule has 1 aromatic carbocycles. The molecule has 1 heterocycles. The van der Waals surface area contributed by atoms with Gasteiger partial charge in [-0.3, -0.25) is 4.98 Å². The lowest BCUT2D eigenvalue weighted by atomic mass is 10.2. The first-order valence-electron chi connectivity index (χ1n) is 5.32. The number of pyridine rings is 1. The Balaban J connectivity index is 2.12. The second-order valence-electron chi connectivity index (χ2n) is 3.64. The number of aliphatic hydroxyl groups excluding tert-OH is 1. The van der Waals surface area contributed by atoms with Gasteiger partial charge in [0.1, 0.15) is 12.4 Å². The Labute approximate surface area is 119 Å². The van der Waals surface area contributed by atoms with Crippen LogP contribution in [0.25, 0.3) is 0 Å². The molecule has 0 aliphatic carbocycles. The molecule has 0 atom stereocenters. The molecule has 3 nitrogen and oxygen atoms in total. The summed E-state index contributed by atoms with van der Waals surface area (Å²) in [5, 5.41) is 9.70. The van der Waals surface area contributed by atoms with Gasteiger partial charge in [0, 0.05) is 16.2 Å². The van der Waals surface area contributed by atoms with Crippen LogP contribution in [0.1, 0.15) is 11.3 Å². The van der Waals surface area contributed by atoms with Crippen molar-refractivity contribution in [2.75, 3.05) is 0 Å². The highest BCUT2D eigenvalue weighted by molar-refractivity contribution is 9.10.